The Balaban J connectivity index is 1.93. The van der Waals surface area contributed by atoms with Gasteiger partial charge < -0.3 is 10.1 Å². The minimum Gasteiger partial charge on any atom is -0.486 e. The average Bonchev–Trinajstić information content (AvgIpc) is 2.38. The molecule has 1 N–H and O–H groups in total. The lowest BCUT2D eigenvalue weighted by Crippen LogP contribution is -2.06. The molecule has 0 aliphatic carbocycles. The van der Waals surface area contributed by atoms with Crippen LogP contribution in [0.4, 0.5) is 0 Å². The first kappa shape index (κ1) is 13.0. The Morgan fingerprint density at radius 1 is 1.28 bits per heavy atom. The van der Waals surface area contributed by atoms with Crippen molar-refractivity contribution >= 4 is 15.9 Å². The van der Waals surface area contributed by atoms with Crippen LogP contribution in [0.5, 0.6) is 5.75 Å². The molecule has 0 radical (unpaired) electrons. The van der Waals surface area contributed by atoms with Crippen LogP contribution in [0.1, 0.15) is 11.3 Å². The number of aromatic nitrogens is 2. The number of hydrogen-bond acceptors (Lipinski definition) is 4. The molecule has 0 aliphatic rings. The van der Waals surface area contributed by atoms with Crippen molar-refractivity contribution in [2.75, 3.05) is 7.05 Å². The molecule has 0 aliphatic heterocycles. The van der Waals surface area contributed by atoms with Gasteiger partial charge in [0.1, 0.15) is 12.4 Å². The van der Waals surface area contributed by atoms with Gasteiger partial charge in [-0.2, -0.15) is 0 Å². The van der Waals surface area contributed by atoms with Gasteiger partial charge in [-0.1, -0.05) is 6.07 Å². The highest BCUT2D eigenvalue weighted by molar-refractivity contribution is 9.10. The molecule has 0 amide bonds. The summed E-state index contributed by atoms with van der Waals surface area (Å²) in [5.74, 6) is 0.727. The van der Waals surface area contributed by atoms with E-state index in [1.807, 2.05) is 31.4 Å². The van der Waals surface area contributed by atoms with E-state index in [1.165, 1.54) is 0 Å². The van der Waals surface area contributed by atoms with Crippen LogP contribution in [0.15, 0.2) is 41.3 Å². The number of nitrogens with one attached hydrogen (secondary N) is 1. The highest BCUT2D eigenvalue weighted by atomic mass is 79.9. The molecule has 0 saturated carbocycles. The fourth-order valence-electron chi connectivity index (χ4n) is 1.48. The molecule has 4 nitrogen and oxygen atoms in total. The van der Waals surface area contributed by atoms with Crippen LogP contribution < -0.4 is 10.1 Å². The predicted octanol–water partition coefficient (Wildman–Crippen LogP) is 2.54. The second-order valence-corrected chi connectivity index (χ2v) is 4.73. The van der Waals surface area contributed by atoms with E-state index in [-0.39, 0.29) is 0 Å². The van der Waals surface area contributed by atoms with Crippen LogP contribution in [0.3, 0.4) is 0 Å². The van der Waals surface area contributed by atoms with Gasteiger partial charge in [-0.15, -0.1) is 0 Å². The molecule has 2 heterocycles. The number of ether oxygens (including phenoxy) is 1. The molecule has 0 atom stereocenters. The minimum atomic E-state index is 0.442. The number of nitrogens with zero attached hydrogens (tertiary/aromatic N) is 2. The summed E-state index contributed by atoms with van der Waals surface area (Å²) in [6.45, 7) is 1.27. The third-order valence-corrected chi connectivity index (χ3v) is 2.77. The van der Waals surface area contributed by atoms with E-state index in [0.29, 0.717) is 6.61 Å². The lowest BCUT2D eigenvalue weighted by molar-refractivity contribution is 0.300. The maximum absolute atomic E-state index is 5.60. The lowest BCUT2D eigenvalue weighted by Gasteiger charge is -2.06. The van der Waals surface area contributed by atoms with Crippen molar-refractivity contribution in [1.29, 1.82) is 0 Å². The summed E-state index contributed by atoms with van der Waals surface area (Å²) in [5, 5.41) is 3.08. The number of hydrogen-bond donors (Lipinski definition) is 1. The zero-order chi connectivity index (χ0) is 12.8. The van der Waals surface area contributed by atoms with Gasteiger partial charge in [0.15, 0.2) is 0 Å². The molecule has 0 bridgehead atoms. The van der Waals surface area contributed by atoms with Gasteiger partial charge in [0.05, 0.1) is 11.9 Å². The zero-order valence-corrected chi connectivity index (χ0v) is 11.6. The fourth-order valence-corrected chi connectivity index (χ4v) is 1.82. The Morgan fingerprint density at radius 2 is 2.17 bits per heavy atom. The third kappa shape index (κ3) is 3.78. The van der Waals surface area contributed by atoms with E-state index >= 15 is 0 Å². The first-order valence-corrected chi connectivity index (χ1v) is 6.39. The van der Waals surface area contributed by atoms with E-state index < -0.39 is 0 Å². The molecule has 5 heteroatoms. The van der Waals surface area contributed by atoms with Gasteiger partial charge >= 0.3 is 0 Å². The summed E-state index contributed by atoms with van der Waals surface area (Å²) in [5.41, 5.74) is 2.06. The normalized spacial score (nSPS) is 10.3. The molecule has 0 unspecified atom stereocenters. The highest BCUT2D eigenvalue weighted by Crippen LogP contribution is 2.16. The molecule has 0 saturated heterocycles. The Hall–Kier alpha value is -1.46. The summed E-state index contributed by atoms with van der Waals surface area (Å²) >= 11 is 3.35. The molecule has 2 rings (SSSR count). The Bertz CT molecular complexity index is 502. The van der Waals surface area contributed by atoms with Gasteiger partial charge in [0.25, 0.3) is 0 Å². The molecular formula is C13H14BrN3O. The molecule has 0 fully saturated rings. The summed E-state index contributed by atoms with van der Waals surface area (Å²) in [7, 11) is 1.91. The van der Waals surface area contributed by atoms with Crippen molar-refractivity contribution < 1.29 is 4.74 Å². The van der Waals surface area contributed by atoms with Crippen molar-refractivity contribution in [3.05, 3.63) is 52.5 Å². The van der Waals surface area contributed by atoms with Gasteiger partial charge in [-0.05, 0) is 40.7 Å². The van der Waals surface area contributed by atoms with E-state index in [2.05, 4.69) is 31.2 Å². The number of rotatable bonds is 5. The molecule has 94 valence electrons. The topological polar surface area (TPSA) is 47.0 Å². The quantitative estimate of drug-likeness (QED) is 0.922. The molecular weight excluding hydrogens is 294 g/mol. The van der Waals surface area contributed by atoms with Crippen LogP contribution >= 0.6 is 15.9 Å². The van der Waals surface area contributed by atoms with Crippen molar-refractivity contribution in [3.63, 3.8) is 0 Å². The van der Waals surface area contributed by atoms with Crippen LogP contribution in [0.2, 0.25) is 0 Å². The molecule has 0 aromatic carbocycles. The Labute approximate surface area is 115 Å². The summed E-state index contributed by atoms with van der Waals surface area (Å²) in [4.78, 5) is 8.37. The predicted molar refractivity (Wildman–Crippen MR) is 73.3 cm³/mol. The van der Waals surface area contributed by atoms with Crippen molar-refractivity contribution in [1.82, 2.24) is 15.3 Å². The highest BCUT2D eigenvalue weighted by Gasteiger charge is 1.99. The van der Waals surface area contributed by atoms with E-state index in [0.717, 1.165) is 28.0 Å². The van der Waals surface area contributed by atoms with Crippen LogP contribution in [-0.2, 0) is 13.2 Å². The first-order chi connectivity index (χ1) is 8.78. The van der Waals surface area contributed by atoms with Gasteiger partial charge in [-0.25, -0.2) is 0 Å². The second-order valence-electron chi connectivity index (χ2n) is 3.82. The van der Waals surface area contributed by atoms with E-state index in [4.69, 9.17) is 4.74 Å². The Morgan fingerprint density at radius 3 is 2.83 bits per heavy atom. The SMILES string of the molecule is CNCc1ccc(COc2cncc(Br)c2)nc1. The van der Waals surface area contributed by atoms with Crippen LogP contribution in [0, 0.1) is 0 Å². The van der Waals surface area contributed by atoms with E-state index in [9.17, 15) is 0 Å². The zero-order valence-electron chi connectivity index (χ0n) is 10.1. The van der Waals surface area contributed by atoms with E-state index in [1.54, 1.807) is 12.4 Å². The van der Waals surface area contributed by atoms with Crippen LogP contribution in [-0.4, -0.2) is 17.0 Å². The number of halogens is 1. The summed E-state index contributed by atoms with van der Waals surface area (Å²) in [6, 6.07) is 5.89. The molecule has 18 heavy (non-hydrogen) atoms. The van der Waals surface area contributed by atoms with Gasteiger partial charge in [-0.3, -0.25) is 9.97 Å². The summed E-state index contributed by atoms with van der Waals surface area (Å²) in [6.07, 6.45) is 5.26. The molecule has 2 aromatic rings. The van der Waals surface area contributed by atoms with Crippen molar-refractivity contribution in [2.45, 2.75) is 13.2 Å². The largest absolute Gasteiger partial charge is 0.486 e. The van der Waals surface area contributed by atoms with Crippen LogP contribution in [0.25, 0.3) is 0 Å². The van der Waals surface area contributed by atoms with Crippen molar-refractivity contribution in [2.24, 2.45) is 0 Å². The maximum atomic E-state index is 5.60. The number of pyridine rings is 2. The average molecular weight is 308 g/mol. The first-order valence-electron chi connectivity index (χ1n) is 5.59. The Kier molecular flexibility index (Phi) is 4.66. The van der Waals surface area contributed by atoms with Gasteiger partial charge in [0.2, 0.25) is 0 Å². The monoisotopic (exact) mass is 307 g/mol. The fraction of sp³-hybridized carbons (Fsp3) is 0.231. The molecule has 0 spiro atoms. The second kappa shape index (κ2) is 6.47. The maximum Gasteiger partial charge on any atom is 0.139 e. The smallest absolute Gasteiger partial charge is 0.139 e. The standard InChI is InChI=1S/C13H14BrN3O/c1-15-5-10-2-3-12(17-6-10)9-18-13-4-11(14)7-16-8-13/h2-4,6-8,15H,5,9H2,1H3. The van der Waals surface area contributed by atoms with Gasteiger partial charge in [0, 0.05) is 23.4 Å². The summed E-state index contributed by atoms with van der Waals surface area (Å²) < 4.78 is 6.50. The molecule has 2 aromatic heterocycles. The lowest BCUT2D eigenvalue weighted by atomic mass is 10.2. The minimum absolute atomic E-state index is 0.442. The third-order valence-electron chi connectivity index (χ3n) is 2.33. The van der Waals surface area contributed by atoms with Crippen molar-refractivity contribution in [3.8, 4) is 5.75 Å².